The van der Waals surface area contributed by atoms with Crippen molar-refractivity contribution in [3.05, 3.63) is 41.4 Å². The molecule has 0 radical (unpaired) electrons. The Morgan fingerprint density at radius 3 is 2.65 bits per heavy atom. The molecule has 0 bridgehead atoms. The number of aromatic nitrogens is 1. The number of nitrogens with one attached hydrogen (secondary N) is 1. The van der Waals surface area contributed by atoms with Crippen LogP contribution in [0, 0.1) is 24.2 Å². The first-order valence-corrected chi connectivity index (χ1v) is 7.58. The number of furan rings is 1. The Kier molecular flexibility index (Phi) is 5.24. The summed E-state index contributed by atoms with van der Waals surface area (Å²) in [6.07, 6.45) is 3.50. The van der Waals surface area contributed by atoms with Crippen LogP contribution in [0.25, 0.3) is 5.88 Å². The molecular formula is C17H21N3O3. The third-order valence-corrected chi connectivity index (χ3v) is 3.74. The van der Waals surface area contributed by atoms with Gasteiger partial charge in [0.15, 0.2) is 0 Å². The fraction of sp³-hybridized carbons (Fsp3) is 0.412. The predicted octanol–water partition coefficient (Wildman–Crippen LogP) is 2.39. The van der Waals surface area contributed by atoms with Gasteiger partial charge < -0.3 is 14.8 Å². The molecule has 2 aromatic rings. The summed E-state index contributed by atoms with van der Waals surface area (Å²) in [6, 6.07) is 5.67. The fourth-order valence-corrected chi connectivity index (χ4v) is 2.31. The number of nitriles is 1. The van der Waals surface area contributed by atoms with Crippen molar-refractivity contribution in [3.63, 3.8) is 0 Å². The quantitative estimate of drug-likeness (QED) is 0.856. The summed E-state index contributed by atoms with van der Waals surface area (Å²) in [4.78, 5) is 12.4. The highest BCUT2D eigenvalue weighted by Gasteiger charge is 2.24. The molecule has 0 aliphatic heterocycles. The molecule has 23 heavy (non-hydrogen) atoms. The van der Waals surface area contributed by atoms with Gasteiger partial charge >= 0.3 is 0 Å². The highest BCUT2D eigenvalue weighted by atomic mass is 16.4. The Morgan fingerprint density at radius 2 is 2.09 bits per heavy atom. The van der Waals surface area contributed by atoms with E-state index in [-0.39, 0.29) is 23.0 Å². The van der Waals surface area contributed by atoms with E-state index < -0.39 is 6.10 Å². The van der Waals surface area contributed by atoms with E-state index >= 15 is 0 Å². The van der Waals surface area contributed by atoms with Crippen molar-refractivity contribution >= 4 is 5.91 Å². The Hall–Kier alpha value is -2.52. The van der Waals surface area contributed by atoms with Crippen LogP contribution in [0.15, 0.2) is 28.9 Å². The molecule has 1 unspecified atom stereocenters. The van der Waals surface area contributed by atoms with Gasteiger partial charge in [0.2, 0.25) is 5.88 Å². The monoisotopic (exact) mass is 315 g/mol. The minimum Gasteiger partial charge on any atom is -0.443 e. The van der Waals surface area contributed by atoms with Crippen molar-refractivity contribution < 1.29 is 14.3 Å². The SMILES string of the molecule is Cc1oc(-n2cccc2)c(C#N)c1C(=O)NCCC(O)C(C)C. The van der Waals surface area contributed by atoms with Gasteiger partial charge in [0.25, 0.3) is 5.91 Å². The lowest BCUT2D eigenvalue weighted by Gasteiger charge is -2.14. The number of aliphatic hydroxyl groups is 1. The van der Waals surface area contributed by atoms with Gasteiger partial charge in [0.05, 0.1) is 6.10 Å². The topological polar surface area (TPSA) is 91.2 Å². The zero-order chi connectivity index (χ0) is 17.0. The van der Waals surface area contributed by atoms with Crippen LogP contribution in [0.2, 0.25) is 0 Å². The van der Waals surface area contributed by atoms with Gasteiger partial charge in [-0.05, 0) is 31.4 Å². The summed E-state index contributed by atoms with van der Waals surface area (Å²) in [5.74, 6) is 0.504. The van der Waals surface area contributed by atoms with Gasteiger partial charge in [0.1, 0.15) is 23.0 Å². The van der Waals surface area contributed by atoms with E-state index in [1.807, 2.05) is 32.0 Å². The molecule has 0 aliphatic rings. The van der Waals surface area contributed by atoms with E-state index in [1.165, 1.54) is 0 Å². The molecule has 0 saturated heterocycles. The number of carbonyl (C=O) groups excluding carboxylic acids is 1. The number of amides is 1. The summed E-state index contributed by atoms with van der Waals surface area (Å²) in [7, 11) is 0. The highest BCUT2D eigenvalue weighted by Crippen LogP contribution is 2.25. The number of aliphatic hydroxyl groups excluding tert-OH is 1. The maximum Gasteiger partial charge on any atom is 0.256 e. The summed E-state index contributed by atoms with van der Waals surface area (Å²) in [6.45, 7) is 5.84. The second kappa shape index (κ2) is 7.16. The molecule has 0 aliphatic carbocycles. The fourth-order valence-electron chi connectivity index (χ4n) is 2.31. The van der Waals surface area contributed by atoms with E-state index in [4.69, 9.17) is 4.42 Å². The third-order valence-electron chi connectivity index (χ3n) is 3.74. The molecule has 6 nitrogen and oxygen atoms in total. The summed E-state index contributed by atoms with van der Waals surface area (Å²) < 4.78 is 7.26. The van der Waals surface area contributed by atoms with E-state index in [0.29, 0.717) is 24.6 Å². The Labute approximate surface area is 135 Å². The minimum absolute atomic E-state index is 0.137. The molecule has 2 rings (SSSR count). The smallest absolute Gasteiger partial charge is 0.256 e. The highest BCUT2D eigenvalue weighted by molar-refractivity contribution is 5.98. The van der Waals surface area contributed by atoms with Crippen LogP contribution >= 0.6 is 0 Å². The van der Waals surface area contributed by atoms with Gasteiger partial charge in [-0.15, -0.1) is 0 Å². The van der Waals surface area contributed by atoms with Crippen LogP contribution in [-0.2, 0) is 0 Å². The van der Waals surface area contributed by atoms with Crippen molar-refractivity contribution in [1.82, 2.24) is 9.88 Å². The van der Waals surface area contributed by atoms with E-state index in [1.54, 1.807) is 23.9 Å². The number of aryl methyl sites for hydroxylation is 1. The first-order valence-electron chi connectivity index (χ1n) is 7.58. The second-order valence-electron chi connectivity index (χ2n) is 5.77. The Balaban J connectivity index is 2.16. The lowest BCUT2D eigenvalue weighted by molar-refractivity contribution is 0.0918. The predicted molar refractivity (Wildman–Crippen MR) is 85.3 cm³/mol. The molecule has 1 atom stereocenters. The van der Waals surface area contributed by atoms with Gasteiger partial charge in [-0.2, -0.15) is 5.26 Å². The number of nitrogens with zero attached hydrogens (tertiary/aromatic N) is 2. The van der Waals surface area contributed by atoms with Crippen molar-refractivity contribution in [3.8, 4) is 12.0 Å². The van der Waals surface area contributed by atoms with Crippen molar-refractivity contribution in [2.24, 2.45) is 5.92 Å². The summed E-state index contributed by atoms with van der Waals surface area (Å²) >= 11 is 0. The van der Waals surface area contributed by atoms with Crippen molar-refractivity contribution in [1.29, 1.82) is 5.26 Å². The lowest BCUT2D eigenvalue weighted by atomic mass is 10.0. The summed E-state index contributed by atoms with van der Waals surface area (Å²) in [5, 5.41) is 21.9. The summed E-state index contributed by atoms with van der Waals surface area (Å²) in [5.41, 5.74) is 0.454. The zero-order valence-electron chi connectivity index (χ0n) is 13.5. The van der Waals surface area contributed by atoms with Gasteiger partial charge in [-0.1, -0.05) is 13.8 Å². The molecule has 0 fully saturated rings. The standard InChI is InChI=1S/C17H21N3O3/c1-11(2)14(21)6-7-19-16(22)15-12(3)23-17(13(15)10-18)20-8-4-5-9-20/h4-5,8-9,11,14,21H,6-7H2,1-3H3,(H,19,22). The number of rotatable bonds is 6. The Morgan fingerprint density at radius 1 is 1.43 bits per heavy atom. The molecule has 0 spiro atoms. The van der Waals surface area contributed by atoms with Gasteiger partial charge in [-0.25, -0.2) is 0 Å². The molecule has 2 N–H and O–H groups in total. The van der Waals surface area contributed by atoms with E-state index in [0.717, 1.165) is 0 Å². The molecule has 122 valence electrons. The van der Waals surface area contributed by atoms with Gasteiger partial charge in [0, 0.05) is 18.9 Å². The molecular weight excluding hydrogens is 294 g/mol. The van der Waals surface area contributed by atoms with Gasteiger partial charge in [-0.3, -0.25) is 9.36 Å². The van der Waals surface area contributed by atoms with Crippen LogP contribution in [0.3, 0.4) is 0 Å². The molecule has 2 heterocycles. The zero-order valence-corrected chi connectivity index (χ0v) is 13.5. The van der Waals surface area contributed by atoms with E-state index in [9.17, 15) is 15.2 Å². The maximum absolute atomic E-state index is 12.4. The molecule has 1 amide bonds. The first-order chi connectivity index (χ1) is 11.0. The second-order valence-corrected chi connectivity index (χ2v) is 5.77. The first kappa shape index (κ1) is 16.8. The number of hydrogen-bond acceptors (Lipinski definition) is 4. The normalized spacial score (nSPS) is 12.2. The maximum atomic E-state index is 12.4. The Bertz CT molecular complexity index is 708. The lowest BCUT2D eigenvalue weighted by Crippen LogP contribution is -2.29. The molecule has 0 aromatic carbocycles. The number of carbonyl (C=O) groups is 1. The van der Waals surface area contributed by atoms with Crippen LogP contribution < -0.4 is 5.32 Å². The molecule has 0 saturated carbocycles. The third kappa shape index (κ3) is 3.63. The van der Waals surface area contributed by atoms with Crippen LogP contribution in [0.1, 0.15) is 41.9 Å². The van der Waals surface area contributed by atoms with E-state index in [2.05, 4.69) is 5.32 Å². The molecule has 2 aromatic heterocycles. The number of hydrogen-bond donors (Lipinski definition) is 2. The van der Waals surface area contributed by atoms with Crippen LogP contribution in [-0.4, -0.2) is 28.2 Å². The van der Waals surface area contributed by atoms with Crippen molar-refractivity contribution in [2.45, 2.75) is 33.3 Å². The average molecular weight is 315 g/mol. The minimum atomic E-state index is -0.466. The average Bonchev–Trinajstić information content (AvgIpc) is 3.13. The van der Waals surface area contributed by atoms with Crippen molar-refractivity contribution in [2.75, 3.05) is 6.54 Å². The molecule has 6 heteroatoms. The van der Waals surface area contributed by atoms with Crippen LogP contribution in [0.4, 0.5) is 0 Å². The largest absolute Gasteiger partial charge is 0.443 e. The van der Waals surface area contributed by atoms with Crippen LogP contribution in [0.5, 0.6) is 0 Å².